The average molecular weight is 306 g/mol. The zero-order valence-corrected chi connectivity index (χ0v) is 11.8. The first kappa shape index (κ1) is 14.9. The molecule has 0 unspecified atom stereocenters. The lowest BCUT2D eigenvalue weighted by Gasteiger charge is -2.09. The first-order valence-electron chi connectivity index (χ1n) is 6.00. The first-order chi connectivity index (χ1) is 9.95. The van der Waals surface area contributed by atoms with Gasteiger partial charge in [0, 0.05) is 12.1 Å². The number of carbonyl (C=O) groups is 1. The minimum atomic E-state index is -1.03. The third-order valence-corrected chi connectivity index (χ3v) is 2.96. The highest BCUT2D eigenvalue weighted by Crippen LogP contribution is 2.32. The molecule has 108 valence electrons. The van der Waals surface area contributed by atoms with Crippen LogP contribution in [0.3, 0.4) is 0 Å². The summed E-state index contributed by atoms with van der Waals surface area (Å²) in [6.45, 7) is 1.81. The van der Waals surface area contributed by atoms with Gasteiger partial charge in [-0.2, -0.15) is 0 Å². The van der Waals surface area contributed by atoms with Crippen molar-refractivity contribution in [2.45, 2.75) is 6.92 Å². The molecule has 1 aromatic heterocycles. The topological polar surface area (TPSA) is 79.7 Å². The number of aromatic nitrogens is 1. The van der Waals surface area contributed by atoms with Crippen molar-refractivity contribution < 1.29 is 19.7 Å². The monoisotopic (exact) mass is 305 g/mol. The predicted molar refractivity (Wildman–Crippen MR) is 78.8 cm³/mol. The van der Waals surface area contributed by atoms with Crippen molar-refractivity contribution in [3.8, 4) is 17.4 Å². The van der Waals surface area contributed by atoms with Gasteiger partial charge >= 0.3 is 5.97 Å². The molecule has 0 saturated heterocycles. The van der Waals surface area contributed by atoms with Crippen LogP contribution in [0.2, 0.25) is 5.02 Å². The number of rotatable bonds is 4. The summed E-state index contributed by atoms with van der Waals surface area (Å²) in [4.78, 5) is 14.4. The second-order valence-corrected chi connectivity index (χ2v) is 4.67. The average Bonchev–Trinajstić information content (AvgIpc) is 2.43. The summed E-state index contributed by atoms with van der Waals surface area (Å²) in [5.41, 5.74) is 1.50. The standard InChI is InChI=1S/C15H12ClNO4/c1-9-6-13(21-14-4-3-11(18)8-17-14)12(16)7-10(9)2-5-15(19)20/h2-8,18H,1H3,(H,19,20)/b5-2+. The van der Waals surface area contributed by atoms with E-state index in [1.54, 1.807) is 12.1 Å². The van der Waals surface area contributed by atoms with Crippen LogP contribution in [-0.2, 0) is 4.79 Å². The van der Waals surface area contributed by atoms with Crippen molar-refractivity contribution in [2.75, 3.05) is 0 Å². The number of halogens is 1. The molecule has 0 aliphatic heterocycles. The second kappa shape index (κ2) is 6.28. The number of ether oxygens (including phenoxy) is 1. The van der Waals surface area contributed by atoms with Gasteiger partial charge in [-0.05, 0) is 42.3 Å². The van der Waals surface area contributed by atoms with Gasteiger partial charge < -0.3 is 14.9 Å². The van der Waals surface area contributed by atoms with Gasteiger partial charge in [-0.3, -0.25) is 0 Å². The van der Waals surface area contributed by atoms with Crippen LogP contribution in [0.5, 0.6) is 17.4 Å². The number of aliphatic carboxylic acids is 1. The van der Waals surface area contributed by atoms with Crippen LogP contribution in [0.1, 0.15) is 11.1 Å². The molecule has 0 saturated carbocycles. The van der Waals surface area contributed by atoms with E-state index in [4.69, 9.17) is 26.6 Å². The molecule has 0 aliphatic carbocycles. The Morgan fingerprint density at radius 3 is 2.76 bits per heavy atom. The molecule has 5 nitrogen and oxygen atoms in total. The maximum atomic E-state index is 10.5. The van der Waals surface area contributed by atoms with Gasteiger partial charge in [0.25, 0.3) is 0 Å². The Labute approximate surface area is 126 Å². The molecule has 1 aromatic carbocycles. The second-order valence-electron chi connectivity index (χ2n) is 4.27. The molecule has 0 fully saturated rings. The number of nitrogens with zero attached hydrogens (tertiary/aromatic N) is 1. The van der Waals surface area contributed by atoms with Crippen molar-refractivity contribution >= 4 is 23.6 Å². The summed E-state index contributed by atoms with van der Waals surface area (Å²) in [5, 5.41) is 18.1. The summed E-state index contributed by atoms with van der Waals surface area (Å²) in [5.74, 6) is -0.291. The smallest absolute Gasteiger partial charge is 0.328 e. The van der Waals surface area contributed by atoms with Gasteiger partial charge in [0.1, 0.15) is 11.5 Å². The molecule has 0 bridgehead atoms. The quantitative estimate of drug-likeness (QED) is 0.843. The number of aromatic hydroxyl groups is 1. The molecule has 2 aromatic rings. The molecule has 0 spiro atoms. The molecule has 0 radical (unpaired) electrons. The summed E-state index contributed by atoms with van der Waals surface area (Å²) in [6.07, 6.45) is 3.77. The van der Waals surface area contributed by atoms with Crippen LogP contribution in [0.25, 0.3) is 6.08 Å². The fraction of sp³-hybridized carbons (Fsp3) is 0.0667. The largest absolute Gasteiger partial charge is 0.506 e. The molecule has 0 aliphatic rings. The van der Waals surface area contributed by atoms with E-state index in [0.717, 1.165) is 11.6 Å². The van der Waals surface area contributed by atoms with Crippen molar-refractivity contribution in [3.63, 3.8) is 0 Å². The molecule has 0 amide bonds. The van der Waals surface area contributed by atoms with Gasteiger partial charge in [0.15, 0.2) is 0 Å². The molecule has 0 atom stereocenters. The Hall–Kier alpha value is -2.53. The zero-order chi connectivity index (χ0) is 15.4. The molecule has 6 heteroatoms. The van der Waals surface area contributed by atoms with Gasteiger partial charge in [0.2, 0.25) is 5.88 Å². The van der Waals surface area contributed by atoms with Crippen LogP contribution in [0.4, 0.5) is 0 Å². The SMILES string of the molecule is Cc1cc(Oc2ccc(O)cn2)c(Cl)cc1/C=C/C(=O)O. The lowest BCUT2D eigenvalue weighted by molar-refractivity contribution is -0.131. The highest BCUT2D eigenvalue weighted by molar-refractivity contribution is 6.32. The maximum Gasteiger partial charge on any atom is 0.328 e. The summed E-state index contributed by atoms with van der Waals surface area (Å²) < 4.78 is 5.53. The normalized spacial score (nSPS) is 10.8. The molecule has 21 heavy (non-hydrogen) atoms. The first-order valence-corrected chi connectivity index (χ1v) is 6.37. The van der Waals surface area contributed by atoms with Crippen molar-refractivity contribution in [2.24, 2.45) is 0 Å². The fourth-order valence-electron chi connectivity index (χ4n) is 1.63. The lowest BCUT2D eigenvalue weighted by Crippen LogP contribution is -1.91. The number of carboxylic acid groups (broad SMARTS) is 1. The van der Waals surface area contributed by atoms with E-state index >= 15 is 0 Å². The Kier molecular flexibility index (Phi) is 4.45. The summed E-state index contributed by atoms with van der Waals surface area (Å²) >= 11 is 6.11. The third kappa shape index (κ3) is 3.97. The highest BCUT2D eigenvalue weighted by atomic mass is 35.5. The number of aryl methyl sites for hydroxylation is 1. The Balaban J connectivity index is 2.27. The molecule has 1 heterocycles. The van der Waals surface area contributed by atoms with E-state index in [1.165, 1.54) is 24.4 Å². The van der Waals surface area contributed by atoms with Crippen LogP contribution in [0, 0.1) is 6.92 Å². The summed E-state index contributed by atoms with van der Waals surface area (Å²) in [6, 6.07) is 6.27. The van der Waals surface area contributed by atoms with Gasteiger partial charge in [-0.15, -0.1) is 0 Å². The number of carboxylic acids is 1. The minimum absolute atomic E-state index is 0.0405. The van der Waals surface area contributed by atoms with Crippen LogP contribution < -0.4 is 4.74 Å². The van der Waals surface area contributed by atoms with E-state index in [0.29, 0.717) is 22.2 Å². The predicted octanol–water partition coefficient (Wildman–Crippen LogP) is 3.64. The number of pyridine rings is 1. The maximum absolute atomic E-state index is 10.5. The van der Waals surface area contributed by atoms with Crippen LogP contribution >= 0.6 is 11.6 Å². The fourth-order valence-corrected chi connectivity index (χ4v) is 1.85. The van der Waals surface area contributed by atoms with Crippen molar-refractivity contribution in [1.82, 2.24) is 4.98 Å². The number of hydrogen-bond acceptors (Lipinski definition) is 4. The number of benzene rings is 1. The molecule has 2 N–H and O–H groups in total. The van der Waals surface area contributed by atoms with Crippen molar-refractivity contribution in [1.29, 1.82) is 0 Å². The van der Waals surface area contributed by atoms with Crippen LogP contribution in [-0.4, -0.2) is 21.2 Å². The Bertz CT molecular complexity index is 696. The zero-order valence-electron chi connectivity index (χ0n) is 11.1. The molecular formula is C15H12ClNO4. The van der Waals surface area contributed by atoms with Gasteiger partial charge in [-0.25, -0.2) is 9.78 Å². The Morgan fingerprint density at radius 1 is 1.38 bits per heavy atom. The minimum Gasteiger partial charge on any atom is -0.506 e. The van der Waals surface area contributed by atoms with E-state index in [-0.39, 0.29) is 5.75 Å². The van der Waals surface area contributed by atoms with Gasteiger partial charge in [-0.1, -0.05) is 11.6 Å². The third-order valence-electron chi connectivity index (χ3n) is 2.66. The highest BCUT2D eigenvalue weighted by Gasteiger charge is 2.08. The van der Waals surface area contributed by atoms with E-state index in [9.17, 15) is 4.79 Å². The van der Waals surface area contributed by atoms with E-state index in [1.807, 2.05) is 6.92 Å². The Morgan fingerprint density at radius 2 is 2.14 bits per heavy atom. The van der Waals surface area contributed by atoms with Crippen molar-refractivity contribution in [3.05, 3.63) is 52.7 Å². The molecular weight excluding hydrogens is 294 g/mol. The summed E-state index contributed by atoms with van der Waals surface area (Å²) in [7, 11) is 0. The number of hydrogen-bond donors (Lipinski definition) is 2. The lowest BCUT2D eigenvalue weighted by atomic mass is 10.1. The molecule has 2 rings (SSSR count). The van der Waals surface area contributed by atoms with Crippen LogP contribution in [0.15, 0.2) is 36.5 Å². The van der Waals surface area contributed by atoms with E-state index in [2.05, 4.69) is 4.98 Å². The van der Waals surface area contributed by atoms with E-state index < -0.39 is 5.97 Å². The van der Waals surface area contributed by atoms with Gasteiger partial charge in [0.05, 0.1) is 11.2 Å².